The minimum absolute atomic E-state index is 0.0280. The number of carbonyl (C=O) groups is 2. The zero-order valence-electron chi connectivity index (χ0n) is 14.5. The van der Waals surface area contributed by atoms with Gasteiger partial charge in [-0.15, -0.1) is 0 Å². The van der Waals surface area contributed by atoms with Gasteiger partial charge in [0.05, 0.1) is 0 Å². The van der Waals surface area contributed by atoms with Crippen molar-refractivity contribution in [1.82, 2.24) is 15.1 Å². The molecule has 0 aromatic heterocycles. The Labute approximate surface area is 134 Å². The number of hydrogen-bond acceptors (Lipinski definition) is 3. The van der Waals surface area contributed by atoms with Crippen molar-refractivity contribution in [3.05, 3.63) is 0 Å². The fraction of sp³-hybridized carbons (Fsp3) is 0.882. The molecule has 2 amide bonds. The number of rotatable bonds is 4. The van der Waals surface area contributed by atoms with E-state index in [2.05, 4.69) is 31.0 Å². The summed E-state index contributed by atoms with van der Waals surface area (Å²) < 4.78 is 0. The second kappa shape index (κ2) is 6.99. The molecule has 2 saturated heterocycles. The fourth-order valence-electron chi connectivity index (χ4n) is 3.47. The van der Waals surface area contributed by atoms with Crippen LogP contribution in [-0.4, -0.2) is 60.4 Å². The lowest BCUT2D eigenvalue weighted by atomic mass is 9.92. The number of carbonyl (C=O) groups excluding carboxylic acids is 2. The summed E-state index contributed by atoms with van der Waals surface area (Å²) >= 11 is 0. The Kier molecular flexibility index (Phi) is 5.48. The Balaban J connectivity index is 1.83. The highest BCUT2D eigenvalue weighted by atomic mass is 16.2. The normalized spacial score (nSPS) is 27.8. The van der Waals surface area contributed by atoms with Crippen LogP contribution in [0, 0.1) is 11.8 Å². The van der Waals surface area contributed by atoms with Gasteiger partial charge < -0.3 is 10.2 Å². The van der Waals surface area contributed by atoms with Crippen molar-refractivity contribution in [2.24, 2.45) is 11.8 Å². The van der Waals surface area contributed by atoms with Crippen molar-refractivity contribution in [2.45, 2.75) is 52.0 Å². The first-order valence-corrected chi connectivity index (χ1v) is 8.56. The Hall–Kier alpha value is -1.10. The molecule has 5 nitrogen and oxygen atoms in total. The molecular weight excluding hydrogens is 278 g/mol. The molecule has 2 unspecified atom stereocenters. The van der Waals surface area contributed by atoms with Crippen LogP contribution in [0.25, 0.3) is 0 Å². The van der Waals surface area contributed by atoms with Crippen LogP contribution in [0.3, 0.4) is 0 Å². The molecule has 2 heterocycles. The van der Waals surface area contributed by atoms with Gasteiger partial charge in [0, 0.05) is 44.6 Å². The van der Waals surface area contributed by atoms with E-state index in [0.29, 0.717) is 19.5 Å². The van der Waals surface area contributed by atoms with E-state index in [1.54, 1.807) is 11.9 Å². The number of hydrogen-bond donors (Lipinski definition) is 1. The molecule has 2 aliphatic rings. The first-order valence-electron chi connectivity index (χ1n) is 8.56. The van der Waals surface area contributed by atoms with Crippen LogP contribution in [0.1, 0.15) is 46.5 Å². The summed E-state index contributed by atoms with van der Waals surface area (Å²) in [5.41, 5.74) is -0.0280. The predicted octanol–water partition coefficient (Wildman–Crippen LogP) is 1.48. The average molecular weight is 309 g/mol. The zero-order chi connectivity index (χ0) is 16.3. The van der Waals surface area contributed by atoms with E-state index < -0.39 is 0 Å². The first kappa shape index (κ1) is 17.3. The summed E-state index contributed by atoms with van der Waals surface area (Å²) in [5, 5.41) is 3.09. The molecule has 126 valence electrons. The summed E-state index contributed by atoms with van der Waals surface area (Å²) in [4.78, 5) is 28.3. The van der Waals surface area contributed by atoms with Gasteiger partial charge in [0.1, 0.15) is 0 Å². The smallest absolute Gasteiger partial charge is 0.223 e. The largest absolute Gasteiger partial charge is 0.354 e. The van der Waals surface area contributed by atoms with Gasteiger partial charge in [0.2, 0.25) is 11.8 Å². The van der Waals surface area contributed by atoms with Gasteiger partial charge in [0.25, 0.3) is 0 Å². The molecule has 2 rings (SSSR count). The number of amides is 2. The Morgan fingerprint density at radius 2 is 2.05 bits per heavy atom. The monoisotopic (exact) mass is 309 g/mol. The summed E-state index contributed by atoms with van der Waals surface area (Å²) in [6.07, 6.45) is 3.66. The van der Waals surface area contributed by atoms with Crippen molar-refractivity contribution >= 4 is 11.8 Å². The van der Waals surface area contributed by atoms with Gasteiger partial charge in [-0.1, -0.05) is 6.92 Å². The molecule has 0 spiro atoms. The fourth-order valence-corrected chi connectivity index (χ4v) is 3.47. The molecule has 0 radical (unpaired) electrons. The standard InChI is InChI=1S/C17H31N3O2/c1-13-6-5-8-20(11-13)17(2,3)12-18-16(22)14-7-9-19(4)15(21)10-14/h13-14H,5-12H2,1-4H3,(H,18,22). The molecule has 2 aliphatic heterocycles. The maximum atomic E-state index is 12.3. The summed E-state index contributed by atoms with van der Waals surface area (Å²) in [5.74, 6) is 0.699. The lowest BCUT2D eigenvalue weighted by Crippen LogP contribution is -2.55. The van der Waals surface area contributed by atoms with Gasteiger partial charge in [-0.2, -0.15) is 0 Å². The topological polar surface area (TPSA) is 52.7 Å². The first-order chi connectivity index (χ1) is 10.3. The maximum Gasteiger partial charge on any atom is 0.223 e. The molecule has 0 bridgehead atoms. The molecule has 0 aromatic carbocycles. The third kappa shape index (κ3) is 4.22. The van der Waals surface area contributed by atoms with Crippen LogP contribution in [-0.2, 0) is 9.59 Å². The van der Waals surface area contributed by atoms with Crippen molar-refractivity contribution in [3.8, 4) is 0 Å². The minimum Gasteiger partial charge on any atom is -0.354 e. The quantitative estimate of drug-likeness (QED) is 0.856. The maximum absolute atomic E-state index is 12.3. The van der Waals surface area contributed by atoms with E-state index in [4.69, 9.17) is 0 Å². The lowest BCUT2D eigenvalue weighted by molar-refractivity contribution is -0.139. The van der Waals surface area contributed by atoms with Crippen LogP contribution in [0.2, 0.25) is 0 Å². The van der Waals surface area contributed by atoms with E-state index in [0.717, 1.165) is 25.4 Å². The molecule has 2 fully saturated rings. The highest BCUT2D eigenvalue weighted by Gasteiger charge is 2.33. The molecule has 0 saturated carbocycles. The van der Waals surface area contributed by atoms with Crippen LogP contribution >= 0.6 is 0 Å². The Bertz CT molecular complexity index is 422. The molecule has 0 aliphatic carbocycles. The number of nitrogens with one attached hydrogen (secondary N) is 1. The van der Waals surface area contributed by atoms with Crippen molar-refractivity contribution in [3.63, 3.8) is 0 Å². The second-order valence-electron chi connectivity index (χ2n) is 7.73. The molecule has 0 aromatic rings. The highest BCUT2D eigenvalue weighted by Crippen LogP contribution is 2.24. The number of piperidine rings is 2. The number of nitrogens with zero attached hydrogens (tertiary/aromatic N) is 2. The third-order valence-electron chi connectivity index (χ3n) is 5.24. The molecule has 1 N–H and O–H groups in total. The zero-order valence-corrected chi connectivity index (χ0v) is 14.5. The van der Waals surface area contributed by atoms with Gasteiger partial charge in [-0.25, -0.2) is 0 Å². The Morgan fingerprint density at radius 1 is 1.32 bits per heavy atom. The summed E-state index contributed by atoms with van der Waals surface area (Å²) in [6, 6.07) is 0. The summed E-state index contributed by atoms with van der Waals surface area (Å²) in [7, 11) is 1.80. The van der Waals surface area contributed by atoms with E-state index >= 15 is 0 Å². The van der Waals surface area contributed by atoms with Crippen LogP contribution in [0.15, 0.2) is 0 Å². The molecular formula is C17H31N3O2. The molecule has 5 heteroatoms. The van der Waals surface area contributed by atoms with E-state index in [-0.39, 0.29) is 23.3 Å². The van der Waals surface area contributed by atoms with Crippen molar-refractivity contribution in [1.29, 1.82) is 0 Å². The van der Waals surface area contributed by atoms with Crippen LogP contribution < -0.4 is 5.32 Å². The molecule has 22 heavy (non-hydrogen) atoms. The van der Waals surface area contributed by atoms with E-state index in [1.165, 1.54) is 12.8 Å². The van der Waals surface area contributed by atoms with Gasteiger partial charge in [-0.3, -0.25) is 14.5 Å². The molecule has 2 atom stereocenters. The minimum atomic E-state index is -0.153. The summed E-state index contributed by atoms with van der Waals surface area (Å²) in [6.45, 7) is 10.2. The van der Waals surface area contributed by atoms with Gasteiger partial charge >= 0.3 is 0 Å². The van der Waals surface area contributed by atoms with E-state index in [1.807, 2.05) is 0 Å². The van der Waals surface area contributed by atoms with Gasteiger partial charge in [-0.05, 0) is 45.6 Å². The van der Waals surface area contributed by atoms with Crippen molar-refractivity contribution in [2.75, 3.05) is 33.2 Å². The van der Waals surface area contributed by atoms with E-state index in [9.17, 15) is 9.59 Å². The lowest BCUT2D eigenvalue weighted by Gasteiger charge is -2.43. The average Bonchev–Trinajstić information content (AvgIpc) is 2.48. The van der Waals surface area contributed by atoms with Crippen LogP contribution in [0.4, 0.5) is 0 Å². The third-order valence-corrected chi connectivity index (χ3v) is 5.24. The van der Waals surface area contributed by atoms with Gasteiger partial charge in [0.15, 0.2) is 0 Å². The van der Waals surface area contributed by atoms with Crippen molar-refractivity contribution < 1.29 is 9.59 Å². The highest BCUT2D eigenvalue weighted by molar-refractivity contribution is 5.86. The SMILES string of the molecule is CC1CCCN(C(C)(C)CNC(=O)C2CCN(C)C(=O)C2)C1. The Morgan fingerprint density at radius 3 is 2.68 bits per heavy atom. The second-order valence-corrected chi connectivity index (χ2v) is 7.73. The number of likely N-dealkylation sites (tertiary alicyclic amines) is 2. The van der Waals surface area contributed by atoms with Crippen LogP contribution in [0.5, 0.6) is 0 Å². The predicted molar refractivity (Wildman–Crippen MR) is 87.4 cm³/mol.